The number of anilines is 1. The van der Waals surface area contributed by atoms with Crippen LogP contribution < -0.4 is 10.5 Å². The molecule has 0 saturated heterocycles. The zero-order valence-corrected chi connectivity index (χ0v) is 11.0. The summed E-state index contributed by atoms with van der Waals surface area (Å²) in [4.78, 5) is 11.5. The fourth-order valence-corrected chi connectivity index (χ4v) is 1.48. The molecule has 0 heterocycles. The molecule has 18 heavy (non-hydrogen) atoms. The number of carbonyl (C=O) groups is 1. The summed E-state index contributed by atoms with van der Waals surface area (Å²) in [6, 6.07) is 3.23. The quantitative estimate of drug-likeness (QED) is 0.475. The maximum atomic E-state index is 11.5. The highest BCUT2D eigenvalue weighted by Crippen LogP contribution is 2.26. The summed E-state index contributed by atoms with van der Waals surface area (Å²) in [5.74, 6) is 0.176. The van der Waals surface area contributed by atoms with E-state index in [9.17, 15) is 4.79 Å². The molecule has 5 nitrogen and oxygen atoms in total. The van der Waals surface area contributed by atoms with Gasteiger partial charge in [-0.1, -0.05) is 0 Å². The molecule has 0 spiro atoms. The molecule has 0 bridgehead atoms. The van der Waals surface area contributed by atoms with E-state index in [1.54, 1.807) is 19.2 Å². The van der Waals surface area contributed by atoms with E-state index in [1.165, 1.54) is 7.11 Å². The van der Waals surface area contributed by atoms with Gasteiger partial charge < -0.3 is 19.9 Å². The lowest BCUT2D eigenvalue weighted by Crippen LogP contribution is -2.07. The van der Waals surface area contributed by atoms with Gasteiger partial charge in [0.1, 0.15) is 5.75 Å². The first-order chi connectivity index (χ1) is 8.60. The van der Waals surface area contributed by atoms with Crippen LogP contribution in [0.5, 0.6) is 5.75 Å². The standard InChI is InChI=1S/C13H19NO4/c1-9-11(14)7-10(13(15)17-3)8-12(9)18-6-4-5-16-2/h7-8H,4-6,14H2,1-3H3. The topological polar surface area (TPSA) is 70.8 Å². The molecule has 1 aromatic carbocycles. The van der Waals surface area contributed by atoms with Gasteiger partial charge >= 0.3 is 5.97 Å². The summed E-state index contributed by atoms with van der Waals surface area (Å²) in [7, 11) is 2.97. The summed E-state index contributed by atoms with van der Waals surface area (Å²) in [6.07, 6.45) is 0.776. The third kappa shape index (κ3) is 3.63. The van der Waals surface area contributed by atoms with Crippen LogP contribution in [0, 0.1) is 6.92 Å². The third-order valence-corrected chi connectivity index (χ3v) is 2.57. The van der Waals surface area contributed by atoms with Crippen molar-refractivity contribution in [3.8, 4) is 5.75 Å². The third-order valence-electron chi connectivity index (χ3n) is 2.57. The Balaban J connectivity index is 2.82. The number of methoxy groups -OCH3 is 2. The predicted octanol–water partition coefficient (Wildman–Crippen LogP) is 1.78. The molecular weight excluding hydrogens is 234 g/mol. The lowest BCUT2D eigenvalue weighted by Gasteiger charge is -2.12. The molecular formula is C13H19NO4. The number of benzene rings is 1. The maximum absolute atomic E-state index is 11.5. The minimum atomic E-state index is -0.427. The Bertz CT molecular complexity index is 418. The molecule has 0 fully saturated rings. The van der Waals surface area contributed by atoms with Crippen molar-refractivity contribution in [3.63, 3.8) is 0 Å². The fourth-order valence-electron chi connectivity index (χ4n) is 1.48. The second-order valence-corrected chi connectivity index (χ2v) is 3.88. The van der Waals surface area contributed by atoms with Gasteiger partial charge in [0.25, 0.3) is 0 Å². The average molecular weight is 253 g/mol. The van der Waals surface area contributed by atoms with Crippen molar-refractivity contribution in [2.75, 3.05) is 33.2 Å². The van der Waals surface area contributed by atoms with Crippen molar-refractivity contribution < 1.29 is 19.0 Å². The first kappa shape index (κ1) is 14.3. The summed E-state index contributed by atoms with van der Waals surface area (Å²) in [5, 5.41) is 0. The van der Waals surface area contributed by atoms with Crippen LogP contribution in [0.3, 0.4) is 0 Å². The molecule has 0 saturated carbocycles. The first-order valence-electron chi connectivity index (χ1n) is 5.70. The Hall–Kier alpha value is -1.75. The van der Waals surface area contributed by atoms with Gasteiger partial charge in [0.15, 0.2) is 0 Å². The van der Waals surface area contributed by atoms with E-state index in [4.69, 9.17) is 15.2 Å². The normalized spacial score (nSPS) is 10.2. The van der Waals surface area contributed by atoms with Crippen LogP contribution in [-0.2, 0) is 9.47 Å². The number of esters is 1. The first-order valence-corrected chi connectivity index (χ1v) is 5.70. The monoisotopic (exact) mass is 253 g/mol. The van der Waals surface area contributed by atoms with Crippen LogP contribution in [0.1, 0.15) is 22.3 Å². The Morgan fingerprint density at radius 1 is 1.28 bits per heavy atom. The molecule has 100 valence electrons. The van der Waals surface area contributed by atoms with Crippen molar-refractivity contribution in [1.82, 2.24) is 0 Å². The van der Waals surface area contributed by atoms with Gasteiger partial charge in [-0.25, -0.2) is 4.79 Å². The van der Waals surface area contributed by atoms with E-state index in [2.05, 4.69) is 4.74 Å². The number of nitrogens with two attached hydrogens (primary N) is 1. The van der Waals surface area contributed by atoms with Crippen molar-refractivity contribution in [3.05, 3.63) is 23.3 Å². The summed E-state index contributed by atoms with van der Waals surface area (Å²) in [6.45, 7) is 2.99. The van der Waals surface area contributed by atoms with Gasteiger partial charge in [-0.2, -0.15) is 0 Å². The molecule has 0 aliphatic heterocycles. The highest BCUT2D eigenvalue weighted by molar-refractivity contribution is 5.91. The number of carbonyl (C=O) groups excluding carboxylic acids is 1. The zero-order valence-electron chi connectivity index (χ0n) is 11.0. The van der Waals surface area contributed by atoms with Gasteiger partial charge in [0.2, 0.25) is 0 Å². The smallest absolute Gasteiger partial charge is 0.338 e. The van der Waals surface area contributed by atoms with Crippen molar-refractivity contribution in [2.24, 2.45) is 0 Å². The van der Waals surface area contributed by atoms with E-state index in [0.717, 1.165) is 12.0 Å². The van der Waals surface area contributed by atoms with E-state index < -0.39 is 5.97 Å². The Morgan fingerprint density at radius 2 is 2.00 bits per heavy atom. The molecule has 0 amide bonds. The lowest BCUT2D eigenvalue weighted by molar-refractivity contribution is 0.0600. The summed E-state index contributed by atoms with van der Waals surface area (Å²) < 4.78 is 15.2. The highest BCUT2D eigenvalue weighted by Gasteiger charge is 2.12. The molecule has 1 aromatic rings. The predicted molar refractivity (Wildman–Crippen MR) is 68.9 cm³/mol. The van der Waals surface area contributed by atoms with Gasteiger partial charge in [-0.15, -0.1) is 0 Å². The lowest BCUT2D eigenvalue weighted by atomic mass is 10.1. The van der Waals surface area contributed by atoms with Gasteiger partial charge in [0.05, 0.1) is 19.3 Å². The van der Waals surface area contributed by atoms with Crippen LogP contribution in [0.25, 0.3) is 0 Å². The van der Waals surface area contributed by atoms with Gasteiger partial charge in [-0.3, -0.25) is 0 Å². The summed E-state index contributed by atoms with van der Waals surface area (Å²) >= 11 is 0. The van der Waals surface area contributed by atoms with E-state index in [1.807, 2.05) is 6.92 Å². The maximum Gasteiger partial charge on any atom is 0.338 e. The Morgan fingerprint density at radius 3 is 2.61 bits per heavy atom. The van der Waals surface area contributed by atoms with Gasteiger partial charge in [0, 0.05) is 31.4 Å². The van der Waals surface area contributed by atoms with Crippen LogP contribution in [0.2, 0.25) is 0 Å². The van der Waals surface area contributed by atoms with E-state index >= 15 is 0 Å². The van der Waals surface area contributed by atoms with E-state index in [-0.39, 0.29) is 0 Å². The SMILES string of the molecule is COCCCOc1cc(C(=O)OC)cc(N)c1C. The highest BCUT2D eigenvalue weighted by atomic mass is 16.5. The fraction of sp³-hybridized carbons (Fsp3) is 0.462. The second kappa shape index (κ2) is 6.86. The Kier molecular flexibility index (Phi) is 5.45. The average Bonchev–Trinajstić information content (AvgIpc) is 2.38. The van der Waals surface area contributed by atoms with Crippen LogP contribution in [0.15, 0.2) is 12.1 Å². The van der Waals surface area contributed by atoms with E-state index in [0.29, 0.717) is 30.2 Å². The van der Waals surface area contributed by atoms with Crippen LogP contribution in [-0.4, -0.2) is 33.4 Å². The molecule has 0 aliphatic rings. The minimum absolute atomic E-state index is 0.391. The summed E-state index contributed by atoms with van der Waals surface area (Å²) in [5.41, 5.74) is 7.56. The molecule has 0 atom stereocenters. The molecule has 0 aromatic heterocycles. The zero-order chi connectivity index (χ0) is 13.5. The number of hydrogen-bond acceptors (Lipinski definition) is 5. The van der Waals surface area contributed by atoms with Crippen molar-refractivity contribution in [2.45, 2.75) is 13.3 Å². The molecule has 0 radical (unpaired) electrons. The van der Waals surface area contributed by atoms with Gasteiger partial charge in [-0.05, 0) is 19.1 Å². The second-order valence-electron chi connectivity index (χ2n) is 3.88. The van der Waals surface area contributed by atoms with Crippen LogP contribution in [0.4, 0.5) is 5.69 Å². The largest absolute Gasteiger partial charge is 0.493 e. The molecule has 2 N–H and O–H groups in total. The number of rotatable bonds is 6. The molecule has 5 heteroatoms. The van der Waals surface area contributed by atoms with Crippen molar-refractivity contribution >= 4 is 11.7 Å². The Labute approximate surface area is 107 Å². The molecule has 0 unspecified atom stereocenters. The number of hydrogen-bond donors (Lipinski definition) is 1. The molecule has 0 aliphatic carbocycles. The number of nitrogen functional groups attached to an aromatic ring is 1. The molecule has 1 rings (SSSR count). The number of ether oxygens (including phenoxy) is 3. The van der Waals surface area contributed by atoms with Crippen LogP contribution >= 0.6 is 0 Å². The minimum Gasteiger partial charge on any atom is -0.493 e. The van der Waals surface area contributed by atoms with Crippen molar-refractivity contribution in [1.29, 1.82) is 0 Å².